The lowest BCUT2D eigenvalue weighted by atomic mass is 9.83. The largest absolute Gasteiger partial charge is 0.370 e. The first-order valence-corrected chi connectivity index (χ1v) is 7.05. The van der Waals surface area contributed by atoms with Gasteiger partial charge >= 0.3 is 0 Å². The van der Waals surface area contributed by atoms with Crippen LogP contribution in [0.15, 0.2) is 0 Å². The van der Waals surface area contributed by atoms with Crippen molar-refractivity contribution in [1.82, 2.24) is 5.32 Å². The predicted molar refractivity (Wildman–Crippen MR) is 73.3 cm³/mol. The van der Waals surface area contributed by atoms with Crippen molar-refractivity contribution in [2.75, 3.05) is 13.2 Å². The summed E-state index contributed by atoms with van der Waals surface area (Å²) in [5.41, 5.74) is 5.87. The van der Waals surface area contributed by atoms with Gasteiger partial charge in [-0.2, -0.15) is 0 Å². The number of hydrogen-bond donors (Lipinski definition) is 2. The van der Waals surface area contributed by atoms with Gasteiger partial charge in [0.05, 0.1) is 6.61 Å². The van der Waals surface area contributed by atoms with Gasteiger partial charge in [-0.25, -0.2) is 0 Å². The Morgan fingerprint density at radius 2 is 1.94 bits per heavy atom. The number of amides is 1. The SMILES string of the molecule is CCC(C)(C)NC(=O)COCC1(N)CCCCC1. The maximum absolute atomic E-state index is 11.7. The fraction of sp³-hybridized carbons (Fsp3) is 0.929. The van der Waals surface area contributed by atoms with Crippen molar-refractivity contribution in [2.24, 2.45) is 5.73 Å². The summed E-state index contributed by atoms with van der Waals surface area (Å²) in [6, 6.07) is 0. The average molecular weight is 256 g/mol. The van der Waals surface area contributed by atoms with Crippen LogP contribution in [0.25, 0.3) is 0 Å². The van der Waals surface area contributed by atoms with Crippen molar-refractivity contribution in [2.45, 2.75) is 70.4 Å². The van der Waals surface area contributed by atoms with Gasteiger partial charge in [0.2, 0.25) is 5.91 Å². The Kier molecular flexibility index (Phi) is 5.60. The van der Waals surface area contributed by atoms with Crippen LogP contribution in [0.3, 0.4) is 0 Å². The number of hydrogen-bond acceptors (Lipinski definition) is 3. The third-order valence-corrected chi connectivity index (χ3v) is 3.83. The highest BCUT2D eigenvalue weighted by Crippen LogP contribution is 2.25. The minimum absolute atomic E-state index is 0.0544. The molecule has 1 aliphatic carbocycles. The fourth-order valence-corrected chi connectivity index (χ4v) is 2.25. The summed E-state index contributed by atoms with van der Waals surface area (Å²) < 4.78 is 5.49. The molecule has 0 aromatic heterocycles. The van der Waals surface area contributed by atoms with E-state index in [9.17, 15) is 4.79 Å². The summed E-state index contributed by atoms with van der Waals surface area (Å²) >= 11 is 0. The van der Waals surface area contributed by atoms with Crippen molar-refractivity contribution in [3.05, 3.63) is 0 Å². The molecule has 0 spiro atoms. The third kappa shape index (κ3) is 5.36. The fourth-order valence-electron chi connectivity index (χ4n) is 2.25. The number of carbonyl (C=O) groups is 1. The molecule has 0 aliphatic heterocycles. The molecule has 106 valence electrons. The van der Waals surface area contributed by atoms with E-state index in [4.69, 9.17) is 10.5 Å². The van der Waals surface area contributed by atoms with Crippen LogP contribution in [0.2, 0.25) is 0 Å². The Labute approximate surface area is 111 Å². The second-order valence-corrected chi connectivity index (χ2v) is 6.20. The zero-order chi connectivity index (χ0) is 13.6. The second-order valence-electron chi connectivity index (χ2n) is 6.20. The van der Waals surface area contributed by atoms with Gasteiger partial charge < -0.3 is 15.8 Å². The van der Waals surface area contributed by atoms with E-state index in [1.807, 2.05) is 13.8 Å². The number of ether oxygens (including phenoxy) is 1. The van der Waals surface area contributed by atoms with Crippen molar-refractivity contribution in [3.63, 3.8) is 0 Å². The molecule has 1 aliphatic rings. The Morgan fingerprint density at radius 1 is 1.33 bits per heavy atom. The Hall–Kier alpha value is -0.610. The predicted octanol–water partition coefficient (Wildman–Crippen LogP) is 1.97. The maximum Gasteiger partial charge on any atom is 0.246 e. The Morgan fingerprint density at radius 3 is 2.50 bits per heavy atom. The van der Waals surface area contributed by atoms with Crippen LogP contribution in [0.5, 0.6) is 0 Å². The minimum atomic E-state index is -0.210. The molecule has 1 rings (SSSR count). The highest BCUT2D eigenvalue weighted by Gasteiger charge is 2.28. The summed E-state index contributed by atoms with van der Waals surface area (Å²) in [6.45, 7) is 6.68. The van der Waals surface area contributed by atoms with E-state index < -0.39 is 0 Å². The zero-order valence-corrected chi connectivity index (χ0v) is 12.1. The van der Waals surface area contributed by atoms with Crippen molar-refractivity contribution in [3.8, 4) is 0 Å². The number of nitrogens with one attached hydrogen (secondary N) is 1. The lowest BCUT2D eigenvalue weighted by Crippen LogP contribution is -2.48. The van der Waals surface area contributed by atoms with Gasteiger partial charge in [-0.15, -0.1) is 0 Å². The van der Waals surface area contributed by atoms with Gasteiger partial charge in [0, 0.05) is 11.1 Å². The van der Waals surface area contributed by atoms with Gasteiger partial charge in [0.15, 0.2) is 0 Å². The summed E-state index contributed by atoms with van der Waals surface area (Å²) in [6.07, 6.45) is 6.54. The smallest absolute Gasteiger partial charge is 0.246 e. The van der Waals surface area contributed by atoms with Gasteiger partial charge in [0.1, 0.15) is 6.61 Å². The standard InChI is InChI=1S/C14H28N2O2/c1-4-13(2,3)16-12(17)10-18-11-14(15)8-6-5-7-9-14/h4-11,15H2,1-3H3,(H,16,17). The van der Waals surface area contributed by atoms with Gasteiger partial charge in [-0.05, 0) is 33.1 Å². The topological polar surface area (TPSA) is 64.3 Å². The molecular weight excluding hydrogens is 228 g/mol. The van der Waals surface area contributed by atoms with E-state index in [0.717, 1.165) is 19.3 Å². The van der Waals surface area contributed by atoms with E-state index in [2.05, 4.69) is 12.2 Å². The average Bonchev–Trinajstić information content (AvgIpc) is 2.29. The van der Waals surface area contributed by atoms with Crippen molar-refractivity contribution < 1.29 is 9.53 Å². The van der Waals surface area contributed by atoms with Crippen LogP contribution < -0.4 is 11.1 Å². The van der Waals surface area contributed by atoms with Gasteiger partial charge in [-0.3, -0.25) is 4.79 Å². The van der Waals surface area contributed by atoms with Crippen LogP contribution in [0, 0.1) is 0 Å². The molecule has 1 amide bonds. The Balaban J connectivity index is 2.22. The molecule has 0 aromatic rings. The van der Waals surface area contributed by atoms with Crippen molar-refractivity contribution >= 4 is 5.91 Å². The van der Waals surface area contributed by atoms with E-state index >= 15 is 0 Å². The molecule has 0 bridgehead atoms. The molecule has 18 heavy (non-hydrogen) atoms. The van der Waals surface area contributed by atoms with E-state index in [1.165, 1.54) is 19.3 Å². The molecule has 1 saturated carbocycles. The lowest BCUT2D eigenvalue weighted by molar-refractivity contribution is -0.128. The highest BCUT2D eigenvalue weighted by atomic mass is 16.5. The maximum atomic E-state index is 11.7. The number of rotatable bonds is 6. The summed E-state index contributed by atoms with van der Waals surface area (Å²) in [4.78, 5) is 11.7. The third-order valence-electron chi connectivity index (χ3n) is 3.83. The summed E-state index contributed by atoms with van der Waals surface area (Å²) in [7, 11) is 0. The van der Waals surface area contributed by atoms with Crippen LogP contribution in [0.4, 0.5) is 0 Å². The van der Waals surface area contributed by atoms with Crippen molar-refractivity contribution in [1.29, 1.82) is 0 Å². The van der Waals surface area contributed by atoms with Gasteiger partial charge in [-0.1, -0.05) is 26.2 Å². The quantitative estimate of drug-likeness (QED) is 0.763. The Bertz CT molecular complexity index is 271. The molecule has 0 heterocycles. The van der Waals surface area contributed by atoms with E-state index in [0.29, 0.717) is 6.61 Å². The lowest BCUT2D eigenvalue weighted by Gasteiger charge is -2.33. The molecule has 0 atom stereocenters. The first kappa shape index (κ1) is 15.4. The molecule has 0 unspecified atom stereocenters. The molecule has 0 saturated heterocycles. The first-order chi connectivity index (χ1) is 8.37. The molecule has 1 fully saturated rings. The molecule has 4 heteroatoms. The zero-order valence-electron chi connectivity index (χ0n) is 12.1. The molecule has 4 nitrogen and oxygen atoms in total. The second kappa shape index (κ2) is 6.53. The van der Waals surface area contributed by atoms with E-state index in [-0.39, 0.29) is 23.6 Å². The summed E-state index contributed by atoms with van der Waals surface area (Å²) in [5, 5.41) is 2.95. The number of nitrogens with two attached hydrogens (primary N) is 1. The van der Waals surface area contributed by atoms with Crippen LogP contribution in [0.1, 0.15) is 59.3 Å². The van der Waals surface area contributed by atoms with E-state index in [1.54, 1.807) is 0 Å². The molecular formula is C14H28N2O2. The molecule has 3 N–H and O–H groups in total. The van der Waals surface area contributed by atoms with Crippen LogP contribution >= 0.6 is 0 Å². The van der Waals surface area contributed by atoms with Crippen LogP contribution in [-0.4, -0.2) is 30.2 Å². The van der Waals surface area contributed by atoms with Gasteiger partial charge in [0.25, 0.3) is 0 Å². The van der Waals surface area contributed by atoms with Crippen LogP contribution in [-0.2, 0) is 9.53 Å². The first-order valence-electron chi connectivity index (χ1n) is 7.05. The monoisotopic (exact) mass is 256 g/mol. The summed E-state index contributed by atoms with van der Waals surface area (Å²) in [5.74, 6) is -0.0544. The molecule has 0 radical (unpaired) electrons. The minimum Gasteiger partial charge on any atom is -0.370 e. The normalized spacial score (nSPS) is 19.6. The highest BCUT2D eigenvalue weighted by molar-refractivity contribution is 5.77. The molecule has 0 aromatic carbocycles. The number of carbonyl (C=O) groups excluding carboxylic acids is 1.